The summed E-state index contributed by atoms with van der Waals surface area (Å²) in [5.74, 6) is -0.241. The van der Waals surface area contributed by atoms with Crippen LogP contribution in [0.2, 0.25) is 0 Å². The highest BCUT2D eigenvalue weighted by Crippen LogP contribution is 2.30. The second-order valence-corrected chi connectivity index (χ2v) is 5.62. The zero-order valence-corrected chi connectivity index (χ0v) is 12.1. The first-order valence-electron chi connectivity index (χ1n) is 7.32. The highest BCUT2D eigenvalue weighted by Gasteiger charge is 2.38. The molecule has 1 aliphatic carbocycles. The molecule has 0 N–H and O–H groups in total. The Kier molecular flexibility index (Phi) is 5.04. The lowest BCUT2D eigenvalue weighted by Gasteiger charge is -2.22. The van der Waals surface area contributed by atoms with Crippen molar-refractivity contribution in [2.75, 3.05) is 13.1 Å². The van der Waals surface area contributed by atoms with E-state index in [4.69, 9.17) is 0 Å². The SMILES string of the molecule is CCCc1ccc(C(=O)CN(CC(F)(F)F)C2CC2)cc1. The number of nitrogens with zero attached hydrogens (tertiary/aromatic N) is 1. The number of rotatable bonds is 7. The van der Waals surface area contributed by atoms with Gasteiger partial charge >= 0.3 is 6.18 Å². The lowest BCUT2D eigenvalue weighted by Crippen LogP contribution is -2.39. The Morgan fingerprint density at radius 2 is 1.86 bits per heavy atom. The van der Waals surface area contributed by atoms with Crippen molar-refractivity contribution in [1.82, 2.24) is 4.90 Å². The fraction of sp³-hybridized carbons (Fsp3) is 0.562. The topological polar surface area (TPSA) is 20.3 Å². The summed E-state index contributed by atoms with van der Waals surface area (Å²) in [6, 6.07) is 7.09. The second-order valence-electron chi connectivity index (χ2n) is 5.62. The molecule has 1 saturated carbocycles. The number of alkyl halides is 3. The van der Waals surface area contributed by atoms with Crippen LogP contribution in [0.5, 0.6) is 0 Å². The Morgan fingerprint density at radius 3 is 2.33 bits per heavy atom. The smallest absolute Gasteiger partial charge is 0.293 e. The molecule has 0 saturated heterocycles. The van der Waals surface area contributed by atoms with E-state index < -0.39 is 12.7 Å². The predicted octanol–water partition coefficient (Wildman–Crippen LogP) is 3.85. The summed E-state index contributed by atoms with van der Waals surface area (Å²) in [4.78, 5) is 13.4. The van der Waals surface area contributed by atoms with E-state index in [9.17, 15) is 18.0 Å². The molecule has 2 nitrogen and oxygen atoms in total. The minimum Gasteiger partial charge on any atom is -0.293 e. The van der Waals surface area contributed by atoms with E-state index in [0.29, 0.717) is 5.56 Å². The van der Waals surface area contributed by atoms with E-state index >= 15 is 0 Å². The van der Waals surface area contributed by atoms with Gasteiger partial charge in [-0.2, -0.15) is 13.2 Å². The molecule has 0 amide bonds. The largest absolute Gasteiger partial charge is 0.401 e. The van der Waals surface area contributed by atoms with E-state index in [0.717, 1.165) is 31.2 Å². The molecule has 0 aliphatic heterocycles. The minimum absolute atomic E-state index is 0.0880. The van der Waals surface area contributed by atoms with Gasteiger partial charge in [0.1, 0.15) is 0 Å². The van der Waals surface area contributed by atoms with Gasteiger partial charge in [0, 0.05) is 11.6 Å². The van der Waals surface area contributed by atoms with Crippen LogP contribution in [0.4, 0.5) is 13.2 Å². The molecule has 0 spiro atoms. The number of aryl methyl sites for hydroxylation is 1. The Morgan fingerprint density at radius 1 is 1.24 bits per heavy atom. The lowest BCUT2D eigenvalue weighted by molar-refractivity contribution is -0.145. The van der Waals surface area contributed by atoms with Crippen LogP contribution in [0.15, 0.2) is 24.3 Å². The molecule has 1 aromatic rings. The minimum atomic E-state index is -4.26. The van der Waals surface area contributed by atoms with Crippen LogP contribution in [0.3, 0.4) is 0 Å². The average molecular weight is 299 g/mol. The van der Waals surface area contributed by atoms with Gasteiger partial charge in [0.2, 0.25) is 0 Å². The summed E-state index contributed by atoms with van der Waals surface area (Å²) in [6.07, 6.45) is -0.795. The summed E-state index contributed by atoms with van der Waals surface area (Å²) < 4.78 is 37.6. The summed E-state index contributed by atoms with van der Waals surface area (Å²) in [7, 11) is 0. The van der Waals surface area contributed by atoms with Crippen LogP contribution < -0.4 is 0 Å². The summed E-state index contributed by atoms with van der Waals surface area (Å²) >= 11 is 0. The molecule has 0 atom stereocenters. The van der Waals surface area contributed by atoms with Gasteiger partial charge in [-0.3, -0.25) is 9.69 Å². The van der Waals surface area contributed by atoms with E-state index in [1.807, 2.05) is 12.1 Å². The van der Waals surface area contributed by atoms with Crippen molar-refractivity contribution >= 4 is 5.78 Å². The number of ketones is 1. The highest BCUT2D eigenvalue weighted by atomic mass is 19.4. The van der Waals surface area contributed by atoms with Crippen molar-refractivity contribution in [2.24, 2.45) is 0 Å². The van der Waals surface area contributed by atoms with Crippen molar-refractivity contribution in [3.63, 3.8) is 0 Å². The van der Waals surface area contributed by atoms with Gasteiger partial charge in [-0.25, -0.2) is 0 Å². The Balaban J connectivity index is 1.98. The number of benzene rings is 1. The molecule has 2 rings (SSSR count). The number of hydrogen-bond donors (Lipinski definition) is 0. The lowest BCUT2D eigenvalue weighted by atomic mass is 10.1. The van der Waals surface area contributed by atoms with E-state index in [-0.39, 0.29) is 18.4 Å². The van der Waals surface area contributed by atoms with Gasteiger partial charge in [0.25, 0.3) is 0 Å². The first-order valence-corrected chi connectivity index (χ1v) is 7.32. The number of Topliss-reactive ketones (excluding diaryl/α,β-unsaturated/α-hetero) is 1. The van der Waals surface area contributed by atoms with Crippen molar-refractivity contribution < 1.29 is 18.0 Å². The van der Waals surface area contributed by atoms with Crippen LogP contribution in [0, 0.1) is 0 Å². The summed E-state index contributed by atoms with van der Waals surface area (Å²) in [5.41, 5.74) is 1.63. The van der Waals surface area contributed by atoms with Gasteiger partial charge in [-0.1, -0.05) is 37.6 Å². The van der Waals surface area contributed by atoms with Gasteiger partial charge in [0.05, 0.1) is 13.1 Å². The molecular formula is C16H20F3NO. The third kappa shape index (κ3) is 5.16. The van der Waals surface area contributed by atoms with Gasteiger partial charge in [-0.15, -0.1) is 0 Å². The van der Waals surface area contributed by atoms with Crippen LogP contribution in [-0.4, -0.2) is 36.0 Å². The first-order chi connectivity index (χ1) is 9.89. The van der Waals surface area contributed by atoms with Crippen molar-refractivity contribution in [1.29, 1.82) is 0 Å². The normalized spacial score (nSPS) is 15.5. The zero-order chi connectivity index (χ0) is 15.5. The predicted molar refractivity (Wildman–Crippen MR) is 75.4 cm³/mol. The molecule has 0 aromatic heterocycles. The van der Waals surface area contributed by atoms with E-state index in [1.54, 1.807) is 12.1 Å². The molecule has 5 heteroatoms. The maximum Gasteiger partial charge on any atom is 0.401 e. The fourth-order valence-electron chi connectivity index (χ4n) is 2.41. The summed E-state index contributed by atoms with van der Waals surface area (Å²) in [5, 5.41) is 0. The third-order valence-corrected chi connectivity index (χ3v) is 3.61. The number of carbonyl (C=O) groups excluding carboxylic acids is 1. The van der Waals surface area contributed by atoms with Gasteiger partial charge in [0.15, 0.2) is 5.78 Å². The molecule has 0 unspecified atom stereocenters. The maximum absolute atomic E-state index is 12.5. The average Bonchev–Trinajstić information content (AvgIpc) is 3.22. The molecule has 1 fully saturated rings. The van der Waals surface area contributed by atoms with Gasteiger partial charge < -0.3 is 0 Å². The molecule has 21 heavy (non-hydrogen) atoms. The number of hydrogen-bond acceptors (Lipinski definition) is 2. The van der Waals surface area contributed by atoms with E-state index in [2.05, 4.69) is 6.92 Å². The zero-order valence-electron chi connectivity index (χ0n) is 12.1. The monoisotopic (exact) mass is 299 g/mol. The van der Waals surface area contributed by atoms with Crippen molar-refractivity contribution in [3.8, 4) is 0 Å². The molecular weight excluding hydrogens is 279 g/mol. The number of carbonyl (C=O) groups is 1. The summed E-state index contributed by atoms with van der Waals surface area (Å²) in [6.45, 7) is 0.915. The molecule has 0 bridgehead atoms. The van der Waals surface area contributed by atoms with Crippen LogP contribution in [0.1, 0.15) is 42.1 Å². The van der Waals surface area contributed by atoms with E-state index in [1.165, 1.54) is 4.90 Å². The second kappa shape index (κ2) is 6.60. The molecule has 0 heterocycles. The highest BCUT2D eigenvalue weighted by molar-refractivity contribution is 5.97. The Labute approximate surface area is 122 Å². The van der Waals surface area contributed by atoms with Crippen LogP contribution in [0.25, 0.3) is 0 Å². The maximum atomic E-state index is 12.5. The van der Waals surface area contributed by atoms with Crippen molar-refractivity contribution in [2.45, 2.75) is 44.8 Å². The van der Waals surface area contributed by atoms with Gasteiger partial charge in [-0.05, 0) is 24.8 Å². The molecule has 1 aliphatic rings. The standard InChI is InChI=1S/C16H20F3NO/c1-2-3-12-4-6-13(7-5-12)15(21)10-20(14-8-9-14)11-16(17,18)19/h4-7,14H,2-3,8-11H2,1H3. The van der Waals surface area contributed by atoms with Crippen LogP contribution >= 0.6 is 0 Å². The fourth-order valence-corrected chi connectivity index (χ4v) is 2.41. The van der Waals surface area contributed by atoms with Crippen LogP contribution in [-0.2, 0) is 6.42 Å². The first kappa shape index (κ1) is 16.0. The quantitative estimate of drug-likeness (QED) is 0.713. The van der Waals surface area contributed by atoms with Crippen molar-refractivity contribution in [3.05, 3.63) is 35.4 Å². The molecule has 116 valence electrons. The molecule has 1 aromatic carbocycles. The molecule has 0 radical (unpaired) electrons. The Bertz CT molecular complexity index is 477. The Hall–Kier alpha value is -1.36. The third-order valence-electron chi connectivity index (χ3n) is 3.61. The number of halogens is 3.